The van der Waals surface area contributed by atoms with Crippen LogP contribution in [0, 0.1) is 0 Å². The molecular weight excluding hydrogens is 285 g/mol. The topological polar surface area (TPSA) is 50.4 Å². The Kier molecular flexibility index (Phi) is 4.72. The third kappa shape index (κ3) is 5.37. The van der Waals surface area contributed by atoms with Crippen LogP contribution in [0.15, 0.2) is 36.4 Å². The highest BCUT2D eigenvalue weighted by Gasteiger charge is 2.31. The molecule has 1 aromatic carbocycles. The van der Waals surface area contributed by atoms with Gasteiger partial charge in [-0.2, -0.15) is 0 Å². The van der Waals surface area contributed by atoms with E-state index >= 15 is 0 Å². The van der Waals surface area contributed by atoms with Crippen molar-refractivity contribution < 1.29 is 22.7 Å². The molecule has 0 heterocycles. The number of urea groups is 1. The fourth-order valence-corrected chi connectivity index (χ4v) is 2.01. The van der Waals surface area contributed by atoms with Crippen molar-refractivity contribution in [3.8, 4) is 5.75 Å². The van der Waals surface area contributed by atoms with E-state index in [0.717, 1.165) is 12.8 Å². The molecule has 0 aromatic heterocycles. The minimum absolute atomic E-state index is 0.0184. The number of alkyl halides is 3. The molecule has 0 aliphatic heterocycles. The summed E-state index contributed by atoms with van der Waals surface area (Å²) in [6, 6.07) is 5.16. The van der Waals surface area contributed by atoms with Gasteiger partial charge >= 0.3 is 12.4 Å². The first-order valence-electron chi connectivity index (χ1n) is 6.48. The molecule has 0 spiro atoms. The third-order valence-electron chi connectivity index (χ3n) is 2.91. The average molecular weight is 300 g/mol. The summed E-state index contributed by atoms with van der Waals surface area (Å²) in [4.78, 5) is 11.6. The van der Waals surface area contributed by atoms with Crippen LogP contribution >= 0.6 is 0 Å². The van der Waals surface area contributed by atoms with Crippen LogP contribution in [-0.2, 0) is 6.54 Å². The van der Waals surface area contributed by atoms with Gasteiger partial charge in [-0.1, -0.05) is 24.3 Å². The number of hydrogen-bond acceptors (Lipinski definition) is 2. The Hall–Kier alpha value is -2.18. The smallest absolute Gasteiger partial charge is 0.406 e. The highest BCUT2D eigenvalue weighted by molar-refractivity contribution is 5.74. The normalized spacial score (nSPS) is 17.6. The molecule has 0 saturated carbocycles. The SMILES string of the molecule is O=C(NCc1cccc(OC(F)(F)F)c1)NC1C=CCC1. The van der Waals surface area contributed by atoms with Crippen molar-refractivity contribution in [2.24, 2.45) is 0 Å². The quantitative estimate of drug-likeness (QED) is 0.840. The van der Waals surface area contributed by atoms with Crippen molar-refractivity contribution in [3.63, 3.8) is 0 Å². The van der Waals surface area contributed by atoms with Gasteiger partial charge in [-0.15, -0.1) is 13.2 Å². The Morgan fingerprint density at radius 3 is 2.86 bits per heavy atom. The van der Waals surface area contributed by atoms with Gasteiger partial charge in [-0.05, 0) is 30.5 Å². The van der Waals surface area contributed by atoms with E-state index in [1.54, 1.807) is 6.07 Å². The molecule has 1 aliphatic rings. The molecule has 0 bridgehead atoms. The zero-order chi connectivity index (χ0) is 15.3. The summed E-state index contributed by atoms with van der Waals surface area (Å²) in [6.07, 6.45) is 0.975. The lowest BCUT2D eigenvalue weighted by Crippen LogP contribution is -2.40. The number of rotatable bonds is 4. The van der Waals surface area contributed by atoms with Gasteiger partial charge in [0.15, 0.2) is 0 Å². The molecule has 4 nitrogen and oxygen atoms in total. The van der Waals surface area contributed by atoms with E-state index in [1.807, 2.05) is 12.2 Å². The van der Waals surface area contributed by atoms with Crippen LogP contribution in [-0.4, -0.2) is 18.4 Å². The maximum Gasteiger partial charge on any atom is 0.573 e. The number of halogens is 3. The average Bonchev–Trinajstić information content (AvgIpc) is 2.87. The maximum atomic E-state index is 12.1. The van der Waals surface area contributed by atoms with Gasteiger partial charge in [0.05, 0.1) is 0 Å². The largest absolute Gasteiger partial charge is 0.573 e. The van der Waals surface area contributed by atoms with Crippen LogP contribution in [0.3, 0.4) is 0 Å². The highest BCUT2D eigenvalue weighted by atomic mass is 19.4. The first-order chi connectivity index (χ1) is 9.92. The van der Waals surface area contributed by atoms with Gasteiger partial charge < -0.3 is 15.4 Å². The number of allylic oxidation sites excluding steroid dienone is 1. The number of amides is 2. The lowest BCUT2D eigenvalue weighted by atomic mass is 10.2. The fraction of sp³-hybridized carbons (Fsp3) is 0.357. The fourth-order valence-electron chi connectivity index (χ4n) is 2.01. The van der Waals surface area contributed by atoms with Crippen molar-refractivity contribution >= 4 is 6.03 Å². The van der Waals surface area contributed by atoms with Crippen LogP contribution in [0.5, 0.6) is 5.75 Å². The number of hydrogen-bond donors (Lipinski definition) is 2. The van der Waals surface area contributed by atoms with Gasteiger partial charge in [-0.3, -0.25) is 0 Å². The van der Waals surface area contributed by atoms with Crippen molar-refractivity contribution in [3.05, 3.63) is 42.0 Å². The van der Waals surface area contributed by atoms with Crippen molar-refractivity contribution in [2.45, 2.75) is 31.8 Å². The first kappa shape index (κ1) is 15.2. The molecule has 1 aliphatic carbocycles. The van der Waals surface area contributed by atoms with Crippen LogP contribution in [0.1, 0.15) is 18.4 Å². The van der Waals surface area contributed by atoms with E-state index in [2.05, 4.69) is 15.4 Å². The van der Waals surface area contributed by atoms with E-state index in [4.69, 9.17) is 0 Å². The summed E-state index contributed by atoms with van der Waals surface area (Å²) in [5.41, 5.74) is 0.522. The standard InChI is InChI=1S/C14H15F3N2O2/c15-14(16,17)21-12-7-3-4-10(8-12)9-18-13(20)19-11-5-1-2-6-11/h1,3-5,7-8,11H,2,6,9H2,(H2,18,19,20). The molecule has 0 fully saturated rings. The zero-order valence-corrected chi connectivity index (χ0v) is 11.1. The second-order valence-corrected chi connectivity index (χ2v) is 4.63. The first-order valence-corrected chi connectivity index (χ1v) is 6.48. The number of nitrogens with one attached hydrogen (secondary N) is 2. The number of carbonyl (C=O) groups is 1. The predicted molar refractivity (Wildman–Crippen MR) is 70.7 cm³/mol. The summed E-state index contributed by atoms with van der Waals surface area (Å²) in [5.74, 6) is -0.305. The van der Waals surface area contributed by atoms with Crippen molar-refractivity contribution in [1.29, 1.82) is 0 Å². The van der Waals surface area contributed by atoms with E-state index < -0.39 is 6.36 Å². The van der Waals surface area contributed by atoms with Gasteiger partial charge in [0.1, 0.15) is 5.75 Å². The Labute approximate surface area is 120 Å². The van der Waals surface area contributed by atoms with E-state index in [0.29, 0.717) is 5.56 Å². The van der Waals surface area contributed by atoms with Crippen LogP contribution < -0.4 is 15.4 Å². The monoisotopic (exact) mass is 300 g/mol. The molecule has 7 heteroatoms. The van der Waals surface area contributed by atoms with Gasteiger partial charge in [0.25, 0.3) is 0 Å². The number of benzene rings is 1. The summed E-state index contributed by atoms with van der Waals surface area (Å²) in [6.45, 7) is 0.122. The lowest BCUT2D eigenvalue weighted by Gasteiger charge is -2.13. The van der Waals surface area contributed by atoms with E-state index in [1.165, 1.54) is 18.2 Å². The number of ether oxygens (including phenoxy) is 1. The molecule has 2 N–H and O–H groups in total. The van der Waals surface area contributed by atoms with Gasteiger partial charge in [0.2, 0.25) is 0 Å². The maximum absolute atomic E-state index is 12.1. The zero-order valence-electron chi connectivity index (χ0n) is 11.1. The van der Waals surface area contributed by atoms with E-state index in [-0.39, 0.29) is 24.4 Å². The third-order valence-corrected chi connectivity index (χ3v) is 2.91. The molecule has 1 unspecified atom stereocenters. The molecule has 0 saturated heterocycles. The number of carbonyl (C=O) groups excluding carboxylic acids is 1. The van der Waals surface area contributed by atoms with Crippen LogP contribution in [0.4, 0.5) is 18.0 Å². The predicted octanol–water partition coefficient (Wildman–Crippen LogP) is 3.10. The van der Waals surface area contributed by atoms with Crippen LogP contribution in [0.2, 0.25) is 0 Å². The Balaban J connectivity index is 1.83. The summed E-state index contributed by atoms with van der Waals surface area (Å²) >= 11 is 0. The van der Waals surface area contributed by atoms with E-state index in [9.17, 15) is 18.0 Å². The highest BCUT2D eigenvalue weighted by Crippen LogP contribution is 2.23. The Morgan fingerprint density at radius 1 is 1.38 bits per heavy atom. The van der Waals surface area contributed by atoms with Crippen LogP contribution in [0.25, 0.3) is 0 Å². The second kappa shape index (κ2) is 6.51. The minimum atomic E-state index is -4.72. The second-order valence-electron chi connectivity index (χ2n) is 4.63. The van der Waals surface area contributed by atoms with Crippen molar-refractivity contribution in [2.75, 3.05) is 0 Å². The molecule has 2 amide bonds. The summed E-state index contributed by atoms with van der Waals surface area (Å²) in [7, 11) is 0. The lowest BCUT2D eigenvalue weighted by molar-refractivity contribution is -0.274. The molecule has 0 radical (unpaired) electrons. The minimum Gasteiger partial charge on any atom is -0.406 e. The molecule has 21 heavy (non-hydrogen) atoms. The molecule has 1 aromatic rings. The molecule has 114 valence electrons. The summed E-state index contributed by atoms with van der Waals surface area (Å²) in [5, 5.41) is 5.35. The van der Waals surface area contributed by atoms with Gasteiger partial charge in [-0.25, -0.2) is 4.79 Å². The van der Waals surface area contributed by atoms with Gasteiger partial charge in [0, 0.05) is 12.6 Å². The Morgan fingerprint density at radius 2 is 2.19 bits per heavy atom. The summed E-state index contributed by atoms with van der Waals surface area (Å²) < 4.78 is 40.1. The molecular formula is C14H15F3N2O2. The Bertz CT molecular complexity index is 529. The molecule has 2 rings (SSSR count). The van der Waals surface area contributed by atoms with Crippen molar-refractivity contribution in [1.82, 2.24) is 10.6 Å². The molecule has 1 atom stereocenters.